The molecule has 1 aliphatic carbocycles. The number of hydrogen-bond acceptors (Lipinski definition) is 3. The molecule has 0 aliphatic heterocycles. The summed E-state index contributed by atoms with van der Waals surface area (Å²) in [4.78, 5) is 34.4. The lowest BCUT2D eigenvalue weighted by Gasteiger charge is -2.35. The van der Waals surface area contributed by atoms with Crippen molar-refractivity contribution in [1.29, 1.82) is 0 Å². The lowest BCUT2D eigenvalue weighted by atomic mass is 9.87. The zero-order chi connectivity index (χ0) is 23.5. The van der Waals surface area contributed by atoms with Crippen molar-refractivity contribution in [3.63, 3.8) is 0 Å². The summed E-state index contributed by atoms with van der Waals surface area (Å²) in [6.07, 6.45) is 5.35. The third-order valence-corrected chi connectivity index (χ3v) is 6.80. The monoisotopic (exact) mass is 445 g/mol. The van der Waals surface area contributed by atoms with Crippen LogP contribution in [0.25, 0.3) is 16.6 Å². The van der Waals surface area contributed by atoms with Crippen molar-refractivity contribution in [3.05, 3.63) is 70.3 Å². The van der Waals surface area contributed by atoms with Crippen LogP contribution in [0.3, 0.4) is 0 Å². The maximum atomic E-state index is 13.7. The molecule has 1 saturated carbocycles. The average Bonchev–Trinajstić information content (AvgIpc) is 2.83. The summed E-state index contributed by atoms with van der Waals surface area (Å²) < 4.78 is 1.73. The van der Waals surface area contributed by atoms with Gasteiger partial charge in [0.05, 0.1) is 22.6 Å². The van der Waals surface area contributed by atoms with Gasteiger partial charge in [-0.2, -0.15) is 0 Å². The molecule has 0 saturated heterocycles. The molecule has 1 fully saturated rings. The summed E-state index contributed by atoms with van der Waals surface area (Å²) in [6, 6.07) is 15.0. The Morgan fingerprint density at radius 1 is 1.03 bits per heavy atom. The summed E-state index contributed by atoms with van der Waals surface area (Å²) in [5.41, 5.74) is 2.39. The molecule has 1 heterocycles. The van der Waals surface area contributed by atoms with Crippen molar-refractivity contribution in [2.24, 2.45) is 11.8 Å². The fourth-order valence-corrected chi connectivity index (χ4v) is 5.03. The Morgan fingerprint density at radius 2 is 1.70 bits per heavy atom. The Kier molecular flexibility index (Phi) is 6.96. The highest BCUT2D eigenvalue weighted by Gasteiger charge is 2.32. The summed E-state index contributed by atoms with van der Waals surface area (Å²) in [5.74, 6) is 1.21. The number of carbonyl (C=O) groups is 1. The molecule has 1 aromatic heterocycles. The van der Waals surface area contributed by atoms with Crippen LogP contribution >= 0.6 is 0 Å². The van der Waals surface area contributed by atoms with Crippen LogP contribution in [0.1, 0.15) is 70.3 Å². The van der Waals surface area contributed by atoms with E-state index in [1.807, 2.05) is 67.3 Å². The number of hydrogen-bond donors (Lipinski definition) is 0. The van der Waals surface area contributed by atoms with Crippen molar-refractivity contribution in [3.8, 4) is 5.69 Å². The van der Waals surface area contributed by atoms with E-state index in [9.17, 15) is 9.59 Å². The van der Waals surface area contributed by atoms with Crippen LogP contribution in [0.4, 0.5) is 0 Å². The van der Waals surface area contributed by atoms with Gasteiger partial charge in [-0.1, -0.05) is 63.4 Å². The maximum absolute atomic E-state index is 13.7. The van der Waals surface area contributed by atoms with Gasteiger partial charge >= 0.3 is 0 Å². The Hall–Kier alpha value is -2.95. The Labute approximate surface area is 196 Å². The van der Waals surface area contributed by atoms with Gasteiger partial charge in [0.1, 0.15) is 5.82 Å². The van der Waals surface area contributed by atoms with E-state index in [1.165, 1.54) is 6.42 Å². The molecule has 1 atom stereocenters. The zero-order valence-electron chi connectivity index (χ0n) is 20.3. The molecule has 33 heavy (non-hydrogen) atoms. The lowest BCUT2D eigenvalue weighted by Crippen LogP contribution is -2.43. The molecule has 5 nitrogen and oxygen atoms in total. The second-order valence-corrected chi connectivity index (χ2v) is 9.81. The number of amides is 1. The average molecular weight is 446 g/mol. The molecule has 1 unspecified atom stereocenters. The Morgan fingerprint density at radius 3 is 2.39 bits per heavy atom. The van der Waals surface area contributed by atoms with Crippen molar-refractivity contribution < 1.29 is 4.79 Å². The number of aryl methyl sites for hydroxylation is 1. The highest BCUT2D eigenvalue weighted by Crippen LogP contribution is 2.31. The fraction of sp³-hybridized carbons (Fsp3) is 0.464. The summed E-state index contributed by atoms with van der Waals surface area (Å²) in [7, 11) is 0. The summed E-state index contributed by atoms with van der Waals surface area (Å²) in [5, 5.41) is 0.589. The van der Waals surface area contributed by atoms with Crippen LogP contribution in [-0.4, -0.2) is 26.9 Å². The van der Waals surface area contributed by atoms with E-state index in [0.29, 0.717) is 29.2 Å². The van der Waals surface area contributed by atoms with Gasteiger partial charge in [-0.05, 0) is 56.4 Å². The van der Waals surface area contributed by atoms with Crippen molar-refractivity contribution in [2.45, 2.75) is 65.8 Å². The van der Waals surface area contributed by atoms with E-state index in [2.05, 4.69) is 13.8 Å². The van der Waals surface area contributed by atoms with Gasteiger partial charge in [-0.25, -0.2) is 4.98 Å². The first-order chi connectivity index (χ1) is 15.9. The van der Waals surface area contributed by atoms with Gasteiger partial charge in [-0.15, -0.1) is 0 Å². The minimum absolute atomic E-state index is 0.0686. The van der Waals surface area contributed by atoms with Gasteiger partial charge in [0.15, 0.2) is 0 Å². The van der Waals surface area contributed by atoms with E-state index in [1.54, 1.807) is 4.57 Å². The van der Waals surface area contributed by atoms with E-state index >= 15 is 0 Å². The number of fused-ring (bicyclic) bond motifs is 1. The number of rotatable bonds is 6. The van der Waals surface area contributed by atoms with Crippen molar-refractivity contribution >= 4 is 16.8 Å². The van der Waals surface area contributed by atoms with Gasteiger partial charge in [-0.3, -0.25) is 14.2 Å². The minimum atomic E-state index is -0.321. The topological polar surface area (TPSA) is 55.2 Å². The number of nitrogens with zero attached hydrogens (tertiary/aromatic N) is 3. The second-order valence-electron chi connectivity index (χ2n) is 9.81. The normalized spacial score (nSPS) is 15.7. The molecule has 0 radical (unpaired) electrons. The predicted molar refractivity (Wildman–Crippen MR) is 134 cm³/mol. The Bertz CT molecular complexity index is 1190. The second kappa shape index (κ2) is 9.90. The van der Waals surface area contributed by atoms with Crippen molar-refractivity contribution in [2.75, 3.05) is 6.54 Å². The molecule has 1 aliphatic rings. The first kappa shape index (κ1) is 23.2. The molecular weight excluding hydrogens is 410 g/mol. The minimum Gasteiger partial charge on any atom is -0.332 e. The van der Waals surface area contributed by atoms with Gasteiger partial charge < -0.3 is 4.90 Å². The largest absolute Gasteiger partial charge is 0.332 e. The van der Waals surface area contributed by atoms with E-state index in [0.717, 1.165) is 36.9 Å². The highest BCUT2D eigenvalue weighted by molar-refractivity contribution is 5.80. The summed E-state index contributed by atoms with van der Waals surface area (Å²) >= 11 is 0. The van der Waals surface area contributed by atoms with Crippen molar-refractivity contribution in [1.82, 2.24) is 14.5 Å². The molecule has 174 valence electrons. The molecule has 0 bridgehead atoms. The number of carbonyl (C=O) groups excluding carboxylic acids is 1. The highest BCUT2D eigenvalue weighted by atomic mass is 16.2. The van der Waals surface area contributed by atoms with Crippen LogP contribution in [-0.2, 0) is 4.79 Å². The first-order valence-electron chi connectivity index (χ1n) is 12.3. The first-order valence-corrected chi connectivity index (χ1v) is 12.3. The molecule has 0 spiro atoms. The van der Waals surface area contributed by atoms with Gasteiger partial charge in [0, 0.05) is 12.5 Å². The van der Waals surface area contributed by atoms with E-state index in [4.69, 9.17) is 4.98 Å². The molecule has 3 aromatic rings. The van der Waals surface area contributed by atoms with Crippen LogP contribution < -0.4 is 5.56 Å². The number of benzene rings is 2. The summed E-state index contributed by atoms with van der Waals surface area (Å²) in [6.45, 7) is 8.94. The number of para-hydroxylation sites is 2. The molecule has 4 rings (SSSR count). The quantitative estimate of drug-likeness (QED) is 0.480. The third-order valence-electron chi connectivity index (χ3n) is 6.80. The van der Waals surface area contributed by atoms with Gasteiger partial charge in [0.25, 0.3) is 5.56 Å². The van der Waals surface area contributed by atoms with Crippen LogP contribution in [0.5, 0.6) is 0 Å². The predicted octanol–water partition coefficient (Wildman–Crippen LogP) is 5.82. The van der Waals surface area contributed by atoms with Crippen LogP contribution in [0, 0.1) is 18.8 Å². The van der Waals surface area contributed by atoms with Crippen LogP contribution in [0.15, 0.2) is 53.3 Å². The molecule has 5 heteroatoms. The fourth-order valence-electron chi connectivity index (χ4n) is 5.03. The zero-order valence-corrected chi connectivity index (χ0v) is 20.3. The molecule has 1 amide bonds. The molecular formula is C28H35N3O2. The third kappa shape index (κ3) is 4.73. The molecule has 2 aromatic carbocycles. The SMILES string of the molecule is Cc1ccccc1-n1c(C(C)N(CC(C)C)C(=O)C2CCCCC2)nc2ccccc2c1=O. The lowest BCUT2D eigenvalue weighted by molar-refractivity contribution is -0.139. The van der Waals surface area contributed by atoms with E-state index < -0.39 is 0 Å². The van der Waals surface area contributed by atoms with E-state index in [-0.39, 0.29) is 23.4 Å². The number of aromatic nitrogens is 2. The van der Waals surface area contributed by atoms with Gasteiger partial charge in [0.2, 0.25) is 5.91 Å². The standard InChI is InChI=1S/C28H35N3O2/c1-19(2)18-30(27(32)22-13-6-5-7-14-22)21(4)26-29-24-16-10-9-15-23(24)28(33)31(26)25-17-11-8-12-20(25)3/h8-12,15-17,19,21-22H,5-7,13-14,18H2,1-4H3. The Balaban J connectivity index is 1.88. The molecule has 0 N–H and O–H groups in total. The van der Waals surface area contributed by atoms with Crippen LogP contribution in [0.2, 0.25) is 0 Å². The maximum Gasteiger partial charge on any atom is 0.266 e. The smallest absolute Gasteiger partial charge is 0.266 e.